The van der Waals surface area contributed by atoms with Gasteiger partial charge in [-0.05, 0) is 31.2 Å². The van der Waals surface area contributed by atoms with Gasteiger partial charge >= 0.3 is 12.1 Å². The molecule has 2 rings (SSSR count). The van der Waals surface area contributed by atoms with Gasteiger partial charge < -0.3 is 4.74 Å². The highest BCUT2D eigenvalue weighted by molar-refractivity contribution is 8.00. The number of ether oxygens (including phenoxy) is 1. The number of hydrogen-bond acceptors (Lipinski definition) is 4. The average Bonchev–Trinajstić information content (AvgIpc) is 2.93. The predicted molar refractivity (Wildman–Crippen MR) is 75.9 cm³/mol. The maximum Gasteiger partial charge on any atom is 0.416 e. The van der Waals surface area contributed by atoms with E-state index < -0.39 is 23.0 Å². The number of alkyl halides is 3. The molecule has 0 radical (unpaired) electrons. The van der Waals surface area contributed by atoms with Gasteiger partial charge in [-0.3, -0.25) is 9.36 Å². The molecule has 1 aromatic carbocycles. The van der Waals surface area contributed by atoms with E-state index in [1.165, 1.54) is 37.2 Å². The first-order valence-electron chi connectivity index (χ1n) is 6.28. The summed E-state index contributed by atoms with van der Waals surface area (Å²) in [6.07, 6.45) is -1.23. The maximum absolute atomic E-state index is 12.6. The minimum Gasteiger partial charge on any atom is -0.468 e. The van der Waals surface area contributed by atoms with Crippen molar-refractivity contribution in [3.63, 3.8) is 0 Å². The molecule has 1 aromatic heterocycles. The Bertz CT molecular complexity index is 653. The molecule has 0 saturated heterocycles. The Balaban J connectivity index is 2.24. The molecule has 0 fully saturated rings. The van der Waals surface area contributed by atoms with E-state index >= 15 is 0 Å². The van der Waals surface area contributed by atoms with Crippen LogP contribution >= 0.6 is 11.8 Å². The molecule has 8 heteroatoms. The van der Waals surface area contributed by atoms with Crippen molar-refractivity contribution in [1.82, 2.24) is 9.55 Å². The Morgan fingerprint density at radius 2 is 1.95 bits per heavy atom. The number of thioether (sulfide) groups is 1. The molecule has 0 aliphatic heterocycles. The number of imidazole rings is 1. The van der Waals surface area contributed by atoms with Gasteiger partial charge in [0.25, 0.3) is 0 Å². The molecule has 0 bridgehead atoms. The van der Waals surface area contributed by atoms with Gasteiger partial charge in [-0.15, -0.1) is 0 Å². The summed E-state index contributed by atoms with van der Waals surface area (Å²) in [6.45, 7) is 1.67. The van der Waals surface area contributed by atoms with Gasteiger partial charge in [-0.2, -0.15) is 13.2 Å². The molecule has 22 heavy (non-hydrogen) atoms. The first-order chi connectivity index (χ1) is 10.3. The molecule has 1 heterocycles. The van der Waals surface area contributed by atoms with Crippen molar-refractivity contribution in [2.45, 2.75) is 23.5 Å². The van der Waals surface area contributed by atoms with E-state index in [1.54, 1.807) is 17.7 Å². The number of hydrogen-bond donors (Lipinski definition) is 0. The van der Waals surface area contributed by atoms with Gasteiger partial charge in [-0.1, -0.05) is 11.8 Å². The van der Waals surface area contributed by atoms with Crippen LogP contribution in [-0.2, 0) is 15.7 Å². The summed E-state index contributed by atoms with van der Waals surface area (Å²) in [5.41, 5.74) is -0.182. The maximum atomic E-state index is 12.6. The smallest absolute Gasteiger partial charge is 0.416 e. The van der Waals surface area contributed by atoms with E-state index in [2.05, 4.69) is 9.72 Å². The minimum absolute atomic E-state index is 0.396. The summed E-state index contributed by atoms with van der Waals surface area (Å²) < 4.78 is 44.0. The molecule has 1 atom stereocenters. The fourth-order valence-corrected chi connectivity index (χ4v) is 2.67. The molecule has 0 aliphatic carbocycles. The lowest BCUT2D eigenvalue weighted by molar-refractivity contribution is -0.139. The molecule has 0 spiro atoms. The zero-order valence-electron chi connectivity index (χ0n) is 11.8. The lowest BCUT2D eigenvalue weighted by Crippen LogP contribution is -2.15. The van der Waals surface area contributed by atoms with Gasteiger partial charge in [-0.25, -0.2) is 4.98 Å². The second-order valence-corrected chi connectivity index (χ2v) is 5.72. The Labute approximate surface area is 129 Å². The summed E-state index contributed by atoms with van der Waals surface area (Å²) in [5.74, 6) is -0.396. The fourth-order valence-electron chi connectivity index (χ4n) is 1.76. The van der Waals surface area contributed by atoms with Crippen LogP contribution in [0.3, 0.4) is 0 Å². The van der Waals surface area contributed by atoms with Crippen molar-refractivity contribution in [2.24, 2.45) is 0 Å². The zero-order valence-corrected chi connectivity index (χ0v) is 12.6. The second kappa shape index (κ2) is 6.43. The third-order valence-corrected chi connectivity index (χ3v) is 3.95. The van der Waals surface area contributed by atoms with Gasteiger partial charge in [0.2, 0.25) is 0 Å². The molecular weight excluding hydrogens is 317 g/mol. The number of esters is 1. The quantitative estimate of drug-likeness (QED) is 0.635. The molecule has 0 aliphatic rings. The summed E-state index contributed by atoms with van der Waals surface area (Å²) in [6, 6.07) is 4.73. The molecule has 0 unspecified atom stereocenters. The van der Waals surface area contributed by atoms with Crippen LogP contribution in [0.4, 0.5) is 13.2 Å². The van der Waals surface area contributed by atoms with Crippen LogP contribution in [0.5, 0.6) is 0 Å². The highest BCUT2D eigenvalue weighted by Crippen LogP contribution is 2.30. The molecular formula is C14H13F3N2O2S. The SMILES string of the molecule is COC(=O)[C@H](C)Sc1nccn1-c1ccc(C(F)(F)F)cc1. The molecule has 0 amide bonds. The van der Waals surface area contributed by atoms with Crippen LogP contribution in [0.15, 0.2) is 41.8 Å². The first kappa shape index (κ1) is 16.4. The normalized spacial score (nSPS) is 13.0. The topological polar surface area (TPSA) is 44.1 Å². The Morgan fingerprint density at radius 1 is 1.32 bits per heavy atom. The fraction of sp³-hybridized carbons (Fsp3) is 0.286. The molecule has 0 N–H and O–H groups in total. The zero-order chi connectivity index (χ0) is 16.3. The largest absolute Gasteiger partial charge is 0.468 e. The standard InChI is InChI=1S/C14H13F3N2O2S/c1-9(12(20)21-2)22-13-18-7-8-19(13)11-5-3-10(4-6-11)14(15,16)17/h3-9H,1-2H3/t9-/m0/s1. The third kappa shape index (κ3) is 3.62. The highest BCUT2D eigenvalue weighted by atomic mass is 32.2. The molecule has 0 saturated carbocycles. The average molecular weight is 330 g/mol. The molecule has 4 nitrogen and oxygen atoms in total. The Hall–Kier alpha value is -1.96. The lowest BCUT2D eigenvalue weighted by atomic mass is 10.2. The van der Waals surface area contributed by atoms with Gasteiger partial charge in [0, 0.05) is 18.1 Å². The summed E-state index contributed by atoms with van der Waals surface area (Å²) in [4.78, 5) is 15.6. The molecule has 2 aromatic rings. The van der Waals surface area contributed by atoms with Gasteiger partial charge in [0.1, 0.15) is 5.25 Å². The van der Waals surface area contributed by atoms with Gasteiger partial charge in [0.15, 0.2) is 5.16 Å². The van der Waals surface area contributed by atoms with Crippen molar-refractivity contribution >= 4 is 17.7 Å². The van der Waals surface area contributed by atoms with Crippen molar-refractivity contribution in [3.05, 3.63) is 42.2 Å². The summed E-state index contributed by atoms with van der Waals surface area (Å²) >= 11 is 1.17. The van der Waals surface area contributed by atoms with Crippen molar-refractivity contribution in [2.75, 3.05) is 7.11 Å². The van der Waals surface area contributed by atoms with E-state index in [-0.39, 0.29) is 0 Å². The van der Waals surface area contributed by atoms with E-state index in [0.717, 1.165) is 12.1 Å². The van der Waals surface area contributed by atoms with E-state index in [4.69, 9.17) is 0 Å². The monoisotopic (exact) mass is 330 g/mol. The van der Waals surface area contributed by atoms with Crippen molar-refractivity contribution < 1.29 is 22.7 Å². The minimum atomic E-state index is -4.37. The van der Waals surface area contributed by atoms with Crippen LogP contribution in [0, 0.1) is 0 Å². The third-order valence-electron chi connectivity index (χ3n) is 2.89. The number of carbonyl (C=O) groups excluding carboxylic acids is 1. The van der Waals surface area contributed by atoms with Crippen LogP contribution in [0.2, 0.25) is 0 Å². The number of carbonyl (C=O) groups is 1. The Morgan fingerprint density at radius 3 is 2.50 bits per heavy atom. The summed E-state index contributed by atoms with van der Waals surface area (Å²) in [7, 11) is 1.29. The Kier molecular flexibility index (Phi) is 4.80. The number of halogens is 3. The second-order valence-electron chi connectivity index (χ2n) is 4.41. The number of methoxy groups -OCH3 is 1. The van der Waals surface area contributed by atoms with Crippen LogP contribution in [-0.4, -0.2) is 27.9 Å². The van der Waals surface area contributed by atoms with E-state index in [1.807, 2.05) is 0 Å². The number of benzene rings is 1. The van der Waals surface area contributed by atoms with Crippen molar-refractivity contribution in [1.29, 1.82) is 0 Å². The lowest BCUT2D eigenvalue weighted by Gasteiger charge is -2.12. The number of rotatable bonds is 4. The predicted octanol–water partition coefficient (Wildman–Crippen LogP) is 3.54. The summed E-state index contributed by atoms with van der Waals surface area (Å²) in [5, 5.41) is 0.0262. The molecule has 118 valence electrons. The number of nitrogens with zero attached hydrogens (tertiary/aromatic N) is 2. The van der Waals surface area contributed by atoms with Gasteiger partial charge in [0.05, 0.1) is 12.7 Å². The van der Waals surface area contributed by atoms with E-state index in [9.17, 15) is 18.0 Å². The highest BCUT2D eigenvalue weighted by Gasteiger charge is 2.30. The first-order valence-corrected chi connectivity index (χ1v) is 7.16. The van der Waals surface area contributed by atoms with Crippen LogP contribution < -0.4 is 0 Å². The van der Waals surface area contributed by atoms with Crippen LogP contribution in [0.1, 0.15) is 12.5 Å². The van der Waals surface area contributed by atoms with E-state index in [0.29, 0.717) is 10.8 Å². The van der Waals surface area contributed by atoms with Crippen LogP contribution in [0.25, 0.3) is 5.69 Å². The van der Waals surface area contributed by atoms with Crippen molar-refractivity contribution in [3.8, 4) is 5.69 Å². The number of aromatic nitrogens is 2.